The standard InChI is InChI=1S/C17H17NO2S/c1-13(14-7-3-2-4-8-14)18-17(20)15-11-16(21-12-15)9-5-6-10-19/h2-4,7-8,11-13,19H,6,10H2,1H3,(H,18,20). The number of hydrogen-bond acceptors (Lipinski definition) is 3. The molecule has 0 saturated heterocycles. The van der Waals surface area contributed by atoms with Crippen LogP contribution in [0, 0.1) is 11.8 Å². The summed E-state index contributed by atoms with van der Waals surface area (Å²) < 4.78 is 0. The van der Waals surface area contributed by atoms with Gasteiger partial charge in [-0.25, -0.2) is 0 Å². The van der Waals surface area contributed by atoms with Gasteiger partial charge < -0.3 is 10.4 Å². The molecule has 2 rings (SSSR count). The van der Waals surface area contributed by atoms with E-state index in [0.717, 1.165) is 10.4 Å². The molecule has 1 unspecified atom stereocenters. The summed E-state index contributed by atoms with van der Waals surface area (Å²) in [6, 6.07) is 11.6. The molecule has 0 spiro atoms. The van der Waals surface area contributed by atoms with Crippen LogP contribution in [0.2, 0.25) is 0 Å². The number of rotatable bonds is 4. The molecular formula is C17H17NO2S. The lowest BCUT2D eigenvalue weighted by Gasteiger charge is -2.13. The van der Waals surface area contributed by atoms with Crippen LogP contribution < -0.4 is 5.32 Å². The van der Waals surface area contributed by atoms with Crippen molar-refractivity contribution in [3.8, 4) is 11.8 Å². The van der Waals surface area contributed by atoms with E-state index in [1.165, 1.54) is 11.3 Å². The molecule has 0 fully saturated rings. The molecule has 1 aromatic carbocycles. The third-order valence-corrected chi connectivity index (χ3v) is 3.80. The lowest BCUT2D eigenvalue weighted by atomic mass is 10.1. The number of carbonyl (C=O) groups is 1. The topological polar surface area (TPSA) is 49.3 Å². The Balaban J connectivity index is 1.99. The van der Waals surface area contributed by atoms with Gasteiger partial charge in [-0.05, 0) is 18.6 Å². The van der Waals surface area contributed by atoms with Crippen molar-refractivity contribution in [1.29, 1.82) is 0 Å². The van der Waals surface area contributed by atoms with Crippen molar-refractivity contribution in [2.75, 3.05) is 6.61 Å². The van der Waals surface area contributed by atoms with Gasteiger partial charge in [-0.3, -0.25) is 4.79 Å². The number of aliphatic hydroxyl groups is 1. The second-order valence-corrected chi connectivity index (χ2v) is 5.49. The Morgan fingerprint density at radius 2 is 2.14 bits per heavy atom. The molecule has 108 valence electrons. The fraction of sp³-hybridized carbons (Fsp3) is 0.235. The molecule has 1 aromatic heterocycles. The molecule has 0 aliphatic carbocycles. The van der Waals surface area contributed by atoms with E-state index in [1.807, 2.05) is 37.3 Å². The van der Waals surface area contributed by atoms with Gasteiger partial charge in [-0.1, -0.05) is 42.2 Å². The lowest BCUT2D eigenvalue weighted by molar-refractivity contribution is 0.0940. The first-order valence-electron chi connectivity index (χ1n) is 6.75. The van der Waals surface area contributed by atoms with E-state index in [4.69, 9.17) is 5.11 Å². The number of nitrogens with one attached hydrogen (secondary N) is 1. The molecule has 0 aliphatic rings. The lowest BCUT2D eigenvalue weighted by Crippen LogP contribution is -2.26. The highest BCUT2D eigenvalue weighted by atomic mass is 32.1. The molecule has 3 nitrogen and oxygen atoms in total. The summed E-state index contributed by atoms with van der Waals surface area (Å²) >= 11 is 1.44. The molecule has 1 amide bonds. The number of amides is 1. The molecule has 0 saturated carbocycles. The van der Waals surface area contributed by atoms with Gasteiger partial charge >= 0.3 is 0 Å². The first-order chi connectivity index (χ1) is 10.2. The van der Waals surface area contributed by atoms with Gasteiger partial charge in [0.2, 0.25) is 0 Å². The second-order valence-electron chi connectivity index (χ2n) is 4.58. The van der Waals surface area contributed by atoms with Crippen LogP contribution in [0.25, 0.3) is 0 Å². The first kappa shape index (κ1) is 15.3. The van der Waals surface area contributed by atoms with Crippen molar-refractivity contribution in [1.82, 2.24) is 5.32 Å². The molecule has 2 N–H and O–H groups in total. The van der Waals surface area contributed by atoms with Gasteiger partial charge in [-0.15, -0.1) is 11.3 Å². The maximum Gasteiger partial charge on any atom is 0.252 e. The largest absolute Gasteiger partial charge is 0.395 e. The van der Waals surface area contributed by atoms with Crippen LogP contribution in [0.15, 0.2) is 41.8 Å². The molecule has 4 heteroatoms. The predicted molar refractivity (Wildman–Crippen MR) is 85.2 cm³/mol. The van der Waals surface area contributed by atoms with Gasteiger partial charge in [0.05, 0.1) is 23.1 Å². The third-order valence-electron chi connectivity index (χ3n) is 2.96. The Hall–Kier alpha value is -2.09. The zero-order valence-corrected chi connectivity index (χ0v) is 12.6. The minimum atomic E-state index is -0.0992. The minimum absolute atomic E-state index is 0.0393. The Kier molecular flexibility index (Phi) is 5.56. The van der Waals surface area contributed by atoms with Crippen LogP contribution >= 0.6 is 11.3 Å². The van der Waals surface area contributed by atoms with E-state index in [2.05, 4.69) is 17.2 Å². The molecule has 0 aliphatic heterocycles. The van der Waals surface area contributed by atoms with Crippen molar-refractivity contribution < 1.29 is 9.90 Å². The van der Waals surface area contributed by atoms with Crippen LogP contribution in [-0.2, 0) is 0 Å². The predicted octanol–water partition coefficient (Wildman–Crippen LogP) is 2.97. The van der Waals surface area contributed by atoms with Gasteiger partial charge in [-0.2, -0.15) is 0 Å². The number of carbonyl (C=O) groups excluding carboxylic acids is 1. The Bertz CT molecular complexity index is 652. The molecule has 1 heterocycles. The smallest absolute Gasteiger partial charge is 0.252 e. The van der Waals surface area contributed by atoms with Crippen LogP contribution in [0.1, 0.15) is 40.2 Å². The van der Waals surface area contributed by atoms with Crippen LogP contribution in [0.4, 0.5) is 0 Å². The van der Waals surface area contributed by atoms with Crippen molar-refractivity contribution >= 4 is 17.2 Å². The highest BCUT2D eigenvalue weighted by Crippen LogP contribution is 2.16. The fourth-order valence-corrected chi connectivity index (χ4v) is 2.59. The Morgan fingerprint density at radius 1 is 1.38 bits per heavy atom. The number of thiophene rings is 1. The van der Waals surface area contributed by atoms with Gasteiger partial charge in [0, 0.05) is 11.8 Å². The van der Waals surface area contributed by atoms with E-state index in [0.29, 0.717) is 12.0 Å². The summed E-state index contributed by atoms with van der Waals surface area (Å²) in [5, 5.41) is 13.5. The second kappa shape index (κ2) is 7.63. The van der Waals surface area contributed by atoms with Gasteiger partial charge in [0.15, 0.2) is 0 Å². The summed E-state index contributed by atoms with van der Waals surface area (Å²) in [6.45, 7) is 2.02. The molecular weight excluding hydrogens is 282 g/mol. The number of hydrogen-bond donors (Lipinski definition) is 2. The molecule has 2 aromatic rings. The van der Waals surface area contributed by atoms with E-state index in [-0.39, 0.29) is 18.6 Å². The monoisotopic (exact) mass is 299 g/mol. The van der Waals surface area contributed by atoms with Crippen LogP contribution in [0.5, 0.6) is 0 Å². The number of aliphatic hydroxyl groups excluding tert-OH is 1. The first-order valence-corrected chi connectivity index (χ1v) is 7.62. The third kappa shape index (κ3) is 4.45. The average molecular weight is 299 g/mol. The van der Waals surface area contributed by atoms with Crippen molar-refractivity contribution in [2.45, 2.75) is 19.4 Å². The molecule has 1 atom stereocenters. The van der Waals surface area contributed by atoms with E-state index < -0.39 is 0 Å². The average Bonchev–Trinajstić information content (AvgIpc) is 2.97. The van der Waals surface area contributed by atoms with E-state index >= 15 is 0 Å². The summed E-state index contributed by atoms with van der Waals surface area (Å²) in [5.41, 5.74) is 1.69. The SMILES string of the molecule is CC(NC(=O)c1csc(C#CCCO)c1)c1ccccc1. The highest BCUT2D eigenvalue weighted by Gasteiger charge is 2.12. The molecule has 0 bridgehead atoms. The Labute approximate surface area is 128 Å². The van der Waals surface area contributed by atoms with Gasteiger partial charge in [0.1, 0.15) is 0 Å². The minimum Gasteiger partial charge on any atom is -0.395 e. The van der Waals surface area contributed by atoms with Crippen molar-refractivity contribution in [2.24, 2.45) is 0 Å². The highest BCUT2D eigenvalue weighted by molar-refractivity contribution is 7.10. The van der Waals surface area contributed by atoms with E-state index in [9.17, 15) is 4.79 Å². The quantitative estimate of drug-likeness (QED) is 0.853. The number of benzene rings is 1. The summed E-state index contributed by atoms with van der Waals surface area (Å²) in [6.07, 6.45) is 0.449. The zero-order valence-electron chi connectivity index (χ0n) is 11.8. The van der Waals surface area contributed by atoms with Crippen LogP contribution in [0.3, 0.4) is 0 Å². The molecule has 0 radical (unpaired) electrons. The normalized spacial score (nSPS) is 11.3. The maximum absolute atomic E-state index is 12.2. The van der Waals surface area contributed by atoms with E-state index in [1.54, 1.807) is 11.4 Å². The maximum atomic E-state index is 12.2. The summed E-state index contributed by atoms with van der Waals surface area (Å²) in [4.78, 5) is 13.0. The van der Waals surface area contributed by atoms with Gasteiger partial charge in [0.25, 0.3) is 5.91 Å². The molecule has 21 heavy (non-hydrogen) atoms. The summed E-state index contributed by atoms with van der Waals surface area (Å²) in [5.74, 6) is 5.68. The Morgan fingerprint density at radius 3 is 2.86 bits per heavy atom. The summed E-state index contributed by atoms with van der Waals surface area (Å²) in [7, 11) is 0. The fourth-order valence-electron chi connectivity index (χ4n) is 1.83. The zero-order chi connectivity index (χ0) is 15.1. The van der Waals surface area contributed by atoms with Crippen LogP contribution in [-0.4, -0.2) is 17.6 Å². The van der Waals surface area contributed by atoms with Crippen molar-refractivity contribution in [3.63, 3.8) is 0 Å². The van der Waals surface area contributed by atoms with Crippen molar-refractivity contribution in [3.05, 3.63) is 57.8 Å².